The Balaban J connectivity index is 2.19. The number of alkyl carbamates (subject to hydrolysis) is 1. The summed E-state index contributed by atoms with van der Waals surface area (Å²) in [7, 11) is 0. The van der Waals surface area contributed by atoms with Crippen LogP contribution in [0.2, 0.25) is 5.02 Å². The van der Waals surface area contributed by atoms with Crippen LogP contribution in [0, 0.1) is 0 Å². The Kier molecular flexibility index (Phi) is 7.85. The van der Waals surface area contributed by atoms with E-state index in [1.165, 1.54) is 0 Å². The molecule has 0 heterocycles. The molecule has 0 radical (unpaired) electrons. The lowest BCUT2D eigenvalue weighted by atomic mass is 10.1. The minimum atomic E-state index is -0.510. The van der Waals surface area contributed by atoms with Gasteiger partial charge in [-0.25, -0.2) is 4.79 Å². The summed E-state index contributed by atoms with van der Waals surface area (Å²) in [6.45, 7) is 6.35. The van der Waals surface area contributed by atoms with Crippen LogP contribution >= 0.6 is 27.5 Å². The molecule has 0 aliphatic carbocycles. The van der Waals surface area contributed by atoms with Gasteiger partial charge in [-0.3, -0.25) is 4.79 Å². The molecule has 5 nitrogen and oxygen atoms in total. The maximum absolute atomic E-state index is 11.8. The van der Waals surface area contributed by atoms with Gasteiger partial charge in [-0.1, -0.05) is 17.7 Å². The Morgan fingerprint density at radius 3 is 2.48 bits per heavy atom. The van der Waals surface area contributed by atoms with Gasteiger partial charge in [0.05, 0.1) is 11.4 Å². The molecular formula is C16H22BrClN2O3. The van der Waals surface area contributed by atoms with Crippen LogP contribution in [0.1, 0.15) is 32.8 Å². The molecule has 1 aromatic rings. The van der Waals surface area contributed by atoms with E-state index in [9.17, 15) is 9.59 Å². The average Bonchev–Trinajstić information content (AvgIpc) is 2.40. The van der Waals surface area contributed by atoms with Gasteiger partial charge in [0.2, 0.25) is 5.91 Å². The zero-order valence-corrected chi connectivity index (χ0v) is 15.9. The van der Waals surface area contributed by atoms with Gasteiger partial charge in [0.1, 0.15) is 5.60 Å². The highest BCUT2D eigenvalue weighted by atomic mass is 79.9. The minimum absolute atomic E-state index is 0.0827. The number of benzene rings is 1. The summed E-state index contributed by atoms with van der Waals surface area (Å²) in [4.78, 5) is 23.2. The van der Waals surface area contributed by atoms with E-state index in [1.807, 2.05) is 12.1 Å². The molecule has 0 aliphatic heterocycles. The van der Waals surface area contributed by atoms with Crippen LogP contribution in [0.15, 0.2) is 22.7 Å². The first-order valence-electron chi connectivity index (χ1n) is 7.35. The van der Waals surface area contributed by atoms with Crippen molar-refractivity contribution in [1.29, 1.82) is 0 Å². The predicted molar refractivity (Wildman–Crippen MR) is 94.7 cm³/mol. The van der Waals surface area contributed by atoms with Crippen molar-refractivity contribution < 1.29 is 14.3 Å². The van der Waals surface area contributed by atoms with Crippen molar-refractivity contribution in [2.24, 2.45) is 0 Å². The first-order valence-corrected chi connectivity index (χ1v) is 8.52. The van der Waals surface area contributed by atoms with Gasteiger partial charge in [-0.2, -0.15) is 0 Å². The summed E-state index contributed by atoms with van der Waals surface area (Å²) in [5, 5.41) is 6.02. The molecule has 0 atom stereocenters. The molecule has 1 rings (SSSR count). The van der Waals surface area contributed by atoms with Crippen molar-refractivity contribution in [3.05, 3.63) is 33.3 Å². The monoisotopic (exact) mass is 404 g/mol. The summed E-state index contributed by atoms with van der Waals surface area (Å²) in [6.07, 6.45) is 0.451. The quantitative estimate of drug-likeness (QED) is 0.710. The minimum Gasteiger partial charge on any atom is -0.444 e. The smallest absolute Gasteiger partial charge is 0.407 e. The van der Waals surface area contributed by atoms with Gasteiger partial charge in [0.25, 0.3) is 0 Å². The van der Waals surface area contributed by atoms with Gasteiger partial charge in [0, 0.05) is 17.6 Å². The normalized spacial score (nSPS) is 11.0. The summed E-state index contributed by atoms with van der Waals surface area (Å²) < 4.78 is 5.91. The molecule has 0 aromatic heterocycles. The number of carbonyl (C=O) groups is 2. The second-order valence-corrected chi connectivity index (χ2v) is 7.32. The van der Waals surface area contributed by atoms with Crippen LogP contribution in [0.3, 0.4) is 0 Å². The molecule has 0 saturated heterocycles. The molecule has 0 spiro atoms. The third kappa shape index (κ3) is 8.81. The van der Waals surface area contributed by atoms with Gasteiger partial charge < -0.3 is 15.4 Å². The molecule has 0 fully saturated rings. The summed E-state index contributed by atoms with van der Waals surface area (Å²) in [6, 6.07) is 5.42. The number of nitrogens with one attached hydrogen (secondary N) is 2. The lowest BCUT2D eigenvalue weighted by Crippen LogP contribution is -2.34. The van der Waals surface area contributed by atoms with Gasteiger partial charge >= 0.3 is 6.09 Å². The fourth-order valence-corrected chi connectivity index (χ4v) is 2.17. The highest BCUT2D eigenvalue weighted by molar-refractivity contribution is 9.10. The van der Waals surface area contributed by atoms with E-state index in [0.29, 0.717) is 24.5 Å². The number of hydrogen-bond donors (Lipinski definition) is 2. The summed E-state index contributed by atoms with van der Waals surface area (Å²) in [5.74, 6) is -0.0827. The van der Waals surface area contributed by atoms with Crippen molar-refractivity contribution in [3.63, 3.8) is 0 Å². The number of halogens is 2. The largest absolute Gasteiger partial charge is 0.444 e. The first-order chi connectivity index (χ1) is 10.7. The SMILES string of the molecule is CC(C)(C)OC(=O)NCCCNC(=O)Cc1ccc(Br)c(Cl)c1. The fraction of sp³-hybridized carbons (Fsp3) is 0.500. The lowest BCUT2D eigenvalue weighted by molar-refractivity contribution is -0.120. The van der Waals surface area contributed by atoms with Gasteiger partial charge in [0.15, 0.2) is 0 Å². The second-order valence-electron chi connectivity index (χ2n) is 6.06. The maximum Gasteiger partial charge on any atom is 0.407 e. The van der Waals surface area contributed by atoms with E-state index in [2.05, 4.69) is 26.6 Å². The molecule has 0 bridgehead atoms. The Labute approximate surface area is 150 Å². The zero-order valence-electron chi connectivity index (χ0n) is 13.5. The van der Waals surface area contributed by atoms with Crippen molar-refractivity contribution in [2.45, 2.75) is 39.2 Å². The average molecular weight is 406 g/mol. The van der Waals surface area contributed by atoms with Crippen molar-refractivity contribution in [1.82, 2.24) is 10.6 Å². The highest BCUT2D eigenvalue weighted by Crippen LogP contribution is 2.23. The van der Waals surface area contributed by atoms with Crippen LogP contribution in [0.5, 0.6) is 0 Å². The molecule has 7 heteroatoms. The van der Waals surface area contributed by atoms with E-state index in [1.54, 1.807) is 26.8 Å². The zero-order chi connectivity index (χ0) is 17.5. The molecule has 0 unspecified atom stereocenters. The number of hydrogen-bond acceptors (Lipinski definition) is 3. The second kappa shape index (κ2) is 9.13. The molecule has 1 aromatic carbocycles. The molecule has 23 heavy (non-hydrogen) atoms. The van der Waals surface area contributed by atoms with Crippen LogP contribution in [0.4, 0.5) is 4.79 Å². The van der Waals surface area contributed by atoms with Crippen molar-refractivity contribution >= 4 is 39.5 Å². The van der Waals surface area contributed by atoms with Crippen molar-refractivity contribution in [2.75, 3.05) is 13.1 Å². The Hall–Kier alpha value is -1.27. The van der Waals surface area contributed by atoms with Crippen LogP contribution in [-0.2, 0) is 16.0 Å². The van der Waals surface area contributed by atoms with E-state index in [0.717, 1.165) is 10.0 Å². The highest BCUT2D eigenvalue weighted by Gasteiger charge is 2.15. The summed E-state index contributed by atoms with van der Waals surface area (Å²) in [5.41, 5.74) is 0.340. The number of rotatable bonds is 6. The number of carbonyl (C=O) groups excluding carboxylic acids is 2. The van der Waals surface area contributed by atoms with E-state index >= 15 is 0 Å². The molecule has 0 saturated carbocycles. The predicted octanol–water partition coefficient (Wildman–Crippen LogP) is 3.68. The molecule has 0 aliphatic rings. The van der Waals surface area contributed by atoms with E-state index < -0.39 is 11.7 Å². The standard InChI is InChI=1S/C16H22BrClN2O3/c1-16(2,3)23-15(22)20-8-4-7-19-14(21)10-11-5-6-12(17)13(18)9-11/h5-6,9H,4,7-8,10H2,1-3H3,(H,19,21)(H,20,22). The van der Waals surface area contributed by atoms with Crippen LogP contribution in [0.25, 0.3) is 0 Å². The molecule has 2 amide bonds. The van der Waals surface area contributed by atoms with E-state index in [-0.39, 0.29) is 12.3 Å². The lowest BCUT2D eigenvalue weighted by Gasteiger charge is -2.19. The maximum atomic E-state index is 11.8. The molecule has 2 N–H and O–H groups in total. The third-order valence-corrected chi connectivity index (χ3v) is 3.93. The number of amides is 2. The number of ether oxygens (including phenoxy) is 1. The Morgan fingerprint density at radius 2 is 1.87 bits per heavy atom. The van der Waals surface area contributed by atoms with Crippen LogP contribution < -0.4 is 10.6 Å². The molecular weight excluding hydrogens is 384 g/mol. The Morgan fingerprint density at radius 1 is 1.22 bits per heavy atom. The van der Waals surface area contributed by atoms with Crippen molar-refractivity contribution in [3.8, 4) is 0 Å². The first kappa shape index (κ1) is 19.8. The van der Waals surface area contributed by atoms with E-state index in [4.69, 9.17) is 16.3 Å². The Bertz CT molecular complexity index is 559. The fourth-order valence-electron chi connectivity index (χ4n) is 1.72. The van der Waals surface area contributed by atoms with Gasteiger partial charge in [-0.05, 0) is 60.8 Å². The summed E-state index contributed by atoms with van der Waals surface area (Å²) >= 11 is 9.29. The topological polar surface area (TPSA) is 67.4 Å². The van der Waals surface area contributed by atoms with Gasteiger partial charge in [-0.15, -0.1) is 0 Å². The third-order valence-electron chi connectivity index (χ3n) is 2.69. The van der Waals surface area contributed by atoms with Crippen LogP contribution in [-0.4, -0.2) is 30.7 Å². The molecule has 128 valence electrons.